The Labute approximate surface area is 121 Å². The lowest BCUT2D eigenvalue weighted by atomic mass is 9.97. The van der Waals surface area contributed by atoms with Crippen LogP contribution in [0.15, 0.2) is 22.7 Å². The summed E-state index contributed by atoms with van der Waals surface area (Å²) in [5, 5.41) is 12.2. The maximum Gasteiger partial charge on any atom is 0.307 e. The summed E-state index contributed by atoms with van der Waals surface area (Å²) in [4.78, 5) is 11.1. The van der Waals surface area contributed by atoms with E-state index in [1.54, 1.807) is 12.1 Å². The summed E-state index contributed by atoms with van der Waals surface area (Å²) in [6.07, 6.45) is 0.636. The second kappa shape index (κ2) is 7.60. The summed E-state index contributed by atoms with van der Waals surface area (Å²) >= 11 is 3.09. The summed E-state index contributed by atoms with van der Waals surface area (Å²) in [5.41, 5.74) is 0.800. The van der Waals surface area contributed by atoms with Crippen molar-refractivity contribution in [1.82, 2.24) is 5.32 Å². The Hall–Kier alpha value is -0.940. The fourth-order valence-electron chi connectivity index (χ4n) is 1.88. The molecule has 0 amide bonds. The van der Waals surface area contributed by atoms with Crippen molar-refractivity contribution >= 4 is 21.9 Å². The van der Waals surface area contributed by atoms with Crippen molar-refractivity contribution < 1.29 is 14.3 Å². The number of carbonyl (C=O) groups is 1. The van der Waals surface area contributed by atoms with E-state index in [4.69, 9.17) is 5.11 Å². The Balaban J connectivity index is 2.47. The zero-order chi connectivity index (χ0) is 14.4. The first kappa shape index (κ1) is 16.1. The van der Waals surface area contributed by atoms with Gasteiger partial charge in [-0.15, -0.1) is 0 Å². The Morgan fingerprint density at radius 1 is 1.47 bits per heavy atom. The largest absolute Gasteiger partial charge is 0.481 e. The number of halogens is 2. The maximum absolute atomic E-state index is 13.3. The Morgan fingerprint density at radius 3 is 2.68 bits per heavy atom. The van der Waals surface area contributed by atoms with Crippen LogP contribution >= 0.6 is 15.9 Å². The number of nitrogens with one attached hydrogen (secondary N) is 1. The van der Waals surface area contributed by atoms with Gasteiger partial charge in [0.1, 0.15) is 5.82 Å². The van der Waals surface area contributed by atoms with Crippen molar-refractivity contribution in [2.45, 2.75) is 26.8 Å². The highest BCUT2D eigenvalue weighted by atomic mass is 79.9. The van der Waals surface area contributed by atoms with E-state index in [1.165, 1.54) is 6.07 Å². The highest BCUT2D eigenvalue weighted by Gasteiger charge is 2.18. The highest BCUT2D eigenvalue weighted by Crippen LogP contribution is 2.16. The molecule has 1 atom stereocenters. The first-order valence-corrected chi connectivity index (χ1v) is 7.07. The van der Waals surface area contributed by atoms with E-state index in [-0.39, 0.29) is 5.82 Å². The molecule has 2 N–H and O–H groups in total. The number of hydrogen-bond acceptors (Lipinski definition) is 2. The predicted octanol–water partition coefficient (Wildman–Crippen LogP) is 3.42. The lowest BCUT2D eigenvalue weighted by molar-refractivity contribution is -0.142. The van der Waals surface area contributed by atoms with Crippen molar-refractivity contribution in [2.24, 2.45) is 11.8 Å². The van der Waals surface area contributed by atoms with Gasteiger partial charge in [0.15, 0.2) is 0 Å². The third-order valence-electron chi connectivity index (χ3n) is 2.81. The number of carboxylic acids is 1. The van der Waals surface area contributed by atoms with Gasteiger partial charge in [-0.05, 0) is 46.0 Å². The number of hydrogen-bond donors (Lipinski definition) is 2. The van der Waals surface area contributed by atoms with E-state index < -0.39 is 11.9 Å². The molecule has 0 aliphatic heterocycles. The Bertz CT molecular complexity index is 437. The van der Waals surface area contributed by atoms with Crippen molar-refractivity contribution in [1.29, 1.82) is 0 Å². The fourth-order valence-corrected chi connectivity index (χ4v) is 2.13. The first-order valence-electron chi connectivity index (χ1n) is 6.27. The normalized spacial score (nSPS) is 12.7. The minimum atomic E-state index is -0.789. The van der Waals surface area contributed by atoms with Crippen LogP contribution in [0.5, 0.6) is 0 Å². The molecule has 0 aliphatic carbocycles. The third kappa shape index (κ3) is 5.70. The van der Waals surface area contributed by atoms with E-state index in [1.807, 2.05) is 13.8 Å². The molecule has 0 saturated carbocycles. The average molecular weight is 332 g/mol. The van der Waals surface area contributed by atoms with Gasteiger partial charge >= 0.3 is 5.97 Å². The molecule has 0 spiro atoms. The average Bonchev–Trinajstić information content (AvgIpc) is 2.31. The first-order chi connectivity index (χ1) is 8.90. The number of benzene rings is 1. The molecular formula is C14H19BrFNO2. The summed E-state index contributed by atoms with van der Waals surface area (Å²) in [6.45, 7) is 4.86. The van der Waals surface area contributed by atoms with Crippen molar-refractivity contribution in [3.8, 4) is 0 Å². The standard InChI is InChI=1S/C14H19BrFNO2/c1-9(2)5-11(14(18)19)8-17-7-10-3-4-12(15)13(16)6-10/h3-4,6,9,11,17H,5,7-8H2,1-2H3,(H,18,19). The van der Waals surface area contributed by atoms with Gasteiger partial charge in [-0.1, -0.05) is 19.9 Å². The molecule has 1 aromatic rings. The van der Waals surface area contributed by atoms with Gasteiger partial charge < -0.3 is 10.4 Å². The van der Waals surface area contributed by atoms with Crippen LogP contribution in [0.3, 0.4) is 0 Å². The molecule has 0 heterocycles. The topological polar surface area (TPSA) is 49.3 Å². The second-order valence-corrected chi connectivity index (χ2v) is 5.90. The molecule has 0 bridgehead atoms. The molecule has 19 heavy (non-hydrogen) atoms. The lowest BCUT2D eigenvalue weighted by Gasteiger charge is -2.15. The summed E-state index contributed by atoms with van der Waals surface area (Å²) < 4.78 is 13.7. The smallest absolute Gasteiger partial charge is 0.307 e. The zero-order valence-corrected chi connectivity index (χ0v) is 12.7. The highest BCUT2D eigenvalue weighted by molar-refractivity contribution is 9.10. The number of aliphatic carboxylic acids is 1. The summed E-state index contributed by atoms with van der Waals surface area (Å²) in [6, 6.07) is 4.89. The van der Waals surface area contributed by atoms with Gasteiger partial charge in [0.05, 0.1) is 10.4 Å². The van der Waals surface area contributed by atoms with Gasteiger partial charge in [-0.3, -0.25) is 4.79 Å². The zero-order valence-electron chi connectivity index (χ0n) is 11.1. The SMILES string of the molecule is CC(C)CC(CNCc1ccc(Br)c(F)c1)C(=O)O. The number of rotatable bonds is 7. The molecule has 0 fully saturated rings. The van der Waals surface area contributed by atoms with Crippen molar-refractivity contribution in [2.75, 3.05) is 6.54 Å². The van der Waals surface area contributed by atoms with Crippen LogP contribution in [0.2, 0.25) is 0 Å². The monoisotopic (exact) mass is 331 g/mol. The van der Waals surface area contributed by atoms with Gasteiger partial charge in [0, 0.05) is 13.1 Å². The predicted molar refractivity (Wildman–Crippen MR) is 76.4 cm³/mol. The van der Waals surface area contributed by atoms with Crippen LogP contribution in [0.1, 0.15) is 25.8 Å². The van der Waals surface area contributed by atoms with E-state index in [2.05, 4.69) is 21.2 Å². The molecule has 0 aromatic heterocycles. The van der Waals surface area contributed by atoms with Crippen LogP contribution in [-0.4, -0.2) is 17.6 Å². The van der Waals surface area contributed by atoms with E-state index >= 15 is 0 Å². The van der Waals surface area contributed by atoms with E-state index in [0.717, 1.165) is 5.56 Å². The molecular weight excluding hydrogens is 313 g/mol. The summed E-state index contributed by atoms with van der Waals surface area (Å²) in [5.74, 6) is -1.16. The minimum Gasteiger partial charge on any atom is -0.481 e. The minimum absolute atomic E-state index is 0.309. The molecule has 0 radical (unpaired) electrons. The molecule has 106 valence electrons. The fraction of sp³-hybridized carbons (Fsp3) is 0.500. The molecule has 1 aromatic carbocycles. The lowest BCUT2D eigenvalue weighted by Crippen LogP contribution is -2.29. The van der Waals surface area contributed by atoms with E-state index in [0.29, 0.717) is 29.9 Å². The van der Waals surface area contributed by atoms with Gasteiger partial charge in [-0.25, -0.2) is 4.39 Å². The van der Waals surface area contributed by atoms with Gasteiger partial charge in [0.2, 0.25) is 0 Å². The van der Waals surface area contributed by atoms with Crippen molar-refractivity contribution in [3.05, 3.63) is 34.1 Å². The molecule has 5 heteroatoms. The van der Waals surface area contributed by atoms with Gasteiger partial charge in [-0.2, -0.15) is 0 Å². The van der Waals surface area contributed by atoms with Gasteiger partial charge in [0.25, 0.3) is 0 Å². The molecule has 1 rings (SSSR count). The quantitative estimate of drug-likeness (QED) is 0.804. The number of carboxylic acid groups (broad SMARTS) is 1. The van der Waals surface area contributed by atoms with E-state index in [9.17, 15) is 9.18 Å². The maximum atomic E-state index is 13.3. The van der Waals surface area contributed by atoms with Crippen LogP contribution in [0, 0.1) is 17.7 Å². The van der Waals surface area contributed by atoms with Crippen LogP contribution < -0.4 is 5.32 Å². The molecule has 1 unspecified atom stereocenters. The van der Waals surface area contributed by atoms with Crippen LogP contribution in [0.25, 0.3) is 0 Å². The molecule has 0 aliphatic rings. The van der Waals surface area contributed by atoms with Crippen LogP contribution in [0.4, 0.5) is 4.39 Å². The van der Waals surface area contributed by atoms with Crippen LogP contribution in [-0.2, 0) is 11.3 Å². The molecule has 3 nitrogen and oxygen atoms in total. The Kier molecular flexibility index (Phi) is 6.45. The Morgan fingerprint density at radius 2 is 2.16 bits per heavy atom. The summed E-state index contributed by atoms with van der Waals surface area (Å²) in [7, 11) is 0. The third-order valence-corrected chi connectivity index (χ3v) is 3.45. The van der Waals surface area contributed by atoms with Crippen molar-refractivity contribution in [3.63, 3.8) is 0 Å². The second-order valence-electron chi connectivity index (χ2n) is 5.04. The molecule has 0 saturated heterocycles.